The zero-order chi connectivity index (χ0) is 15.0. The molecule has 0 bridgehead atoms. The van der Waals surface area contributed by atoms with Crippen molar-refractivity contribution in [2.75, 3.05) is 20.8 Å². The molecule has 0 aliphatic rings. The maximum absolute atomic E-state index is 11.4. The number of hydrogen-bond acceptors (Lipinski definition) is 4. The number of benzene rings is 1. The normalized spacial score (nSPS) is 9.90. The molecule has 0 saturated heterocycles. The minimum atomic E-state index is -0.977. The number of methoxy groups -OCH3 is 2. The number of aliphatic carboxylic acids is 1. The first-order valence-corrected chi connectivity index (χ1v) is 6.26. The van der Waals surface area contributed by atoms with Gasteiger partial charge in [0.15, 0.2) is 0 Å². The molecule has 1 aromatic carbocycles. The van der Waals surface area contributed by atoms with Crippen LogP contribution in [0, 0.1) is 0 Å². The van der Waals surface area contributed by atoms with E-state index < -0.39 is 5.97 Å². The lowest BCUT2D eigenvalue weighted by Crippen LogP contribution is -2.26. The van der Waals surface area contributed by atoms with Gasteiger partial charge in [0.2, 0.25) is 5.91 Å². The van der Waals surface area contributed by atoms with E-state index in [9.17, 15) is 9.59 Å². The van der Waals surface area contributed by atoms with Crippen LogP contribution < -0.4 is 14.8 Å². The van der Waals surface area contributed by atoms with Gasteiger partial charge in [0, 0.05) is 13.0 Å². The Morgan fingerprint density at radius 1 is 1.20 bits per heavy atom. The van der Waals surface area contributed by atoms with E-state index in [2.05, 4.69) is 5.32 Å². The first kappa shape index (κ1) is 15.8. The summed E-state index contributed by atoms with van der Waals surface area (Å²) in [5.74, 6) is 0.201. The summed E-state index contributed by atoms with van der Waals surface area (Å²) < 4.78 is 10.4. The van der Waals surface area contributed by atoms with Crippen LogP contribution in [0.4, 0.5) is 0 Å². The van der Waals surface area contributed by atoms with Crippen LogP contribution in [0.2, 0.25) is 0 Å². The molecule has 0 unspecified atom stereocenters. The maximum atomic E-state index is 11.4. The molecule has 1 amide bonds. The molecule has 110 valence electrons. The maximum Gasteiger partial charge on any atom is 0.303 e. The van der Waals surface area contributed by atoms with Gasteiger partial charge in [0.1, 0.15) is 11.5 Å². The fraction of sp³-hybridized carbons (Fsp3) is 0.429. The number of carboxylic acids is 1. The summed E-state index contributed by atoms with van der Waals surface area (Å²) in [6.45, 7) is 0.419. The highest BCUT2D eigenvalue weighted by molar-refractivity contribution is 5.80. The number of ether oxygens (including phenoxy) is 2. The Labute approximate surface area is 117 Å². The Kier molecular flexibility index (Phi) is 6.36. The first-order valence-electron chi connectivity index (χ1n) is 6.26. The molecule has 0 radical (unpaired) electrons. The van der Waals surface area contributed by atoms with Gasteiger partial charge < -0.3 is 19.9 Å². The lowest BCUT2D eigenvalue weighted by Gasteiger charge is -2.11. The Hall–Kier alpha value is -2.24. The smallest absolute Gasteiger partial charge is 0.303 e. The van der Waals surface area contributed by atoms with E-state index >= 15 is 0 Å². The molecule has 0 aliphatic carbocycles. The highest BCUT2D eigenvalue weighted by Crippen LogP contribution is 2.24. The Morgan fingerprint density at radius 2 is 1.95 bits per heavy atom. The van der Waals surface area contributed by atoms with Crippen LogP contribution in [-0.2, 0) is 16.0 Å². The van der Waals surface area contributed by atoms with Crippen molar-refractivity contribution in [1.29, 1.82) is 0 Å². The Bertz CT molecular complexity index is 473. The van der Waals surface area contributed by atoms with Crippen molar-refractivity contribution in [3.8, 4) is 11.5 Å². The topological polar surface area (TPSA) is 84.9 Å². The summed E-state index contributed by atoms with van der Waals surface area (Å²) in [4.78, 5) is 21.7. The average Bonchev–Trinajstić information content (AvgIpc) is 2.45. The van der Waals surface area contributed by atoms with Crippen LogP contribution in [0.15, 0.2) is 18.2 Å². The van der Waals surface area contributed by atoms with Crippen molar-refractivity contribution in [3.63, 3.8) is 0 Å². The summed E-state index contributed by atoms with van der Waals surface area (Å²) in [6.07, 6.45) is 0.415. The zero-order valence-electron chi connectivity index (χ0n) is 11.6. The van der Waals surface area contributed by atoms with Gasteiger partial charge >= 0.3 is 5.97 Å². The van der Waals surface area contributed by atoms with Gasteiger partial charge in [0.05, 0.1) is 20.6 Å². The van der Waals surface area contributed by atoms with Crippen molar-refractivity contribution in [3.05, 3.63) is 23.8 Å². The van der Waals surface area contributed by atoms with E-state index in [1.54, 1.807) is 26.4 Å². The molecule has 6 heteroatoms. The molecule has 0 spiro atoms. The molecule has 0 heterocycles. The van der Waals surface area contributed by atoms with E-state index in [-0.39, 0.29) is 18.7 Å². The molecule has 0 aromatic heterocycles. The molecule has 0 atom stereocenters. The minimum Gasteiger partial charge on any atom is -0.497 e. The number of nitrogens with one attached hydrogen (secondary N) is 1. The molecule has 6 nitrogen and oxygen atoms in total. The zero-order valence-corrected chi connectivity index (χ0v) is 11.6. The molecule has 1 aromatic rings. The van der Waals surface area contributed by atoms with Gasteiger partial charge in [-0.15, -0.1) is 0 Å². The molecular formula is C14H19NO5. The van der Waals surface area contributed by atoms with Crippen molar-refractivity contribution in [2.24, 2.45) is 0 Å². The molecule has 20 heavy (non-hydrogen) atoms. The summed E-state index contributed by atoms with van der Waals surface area (Å²) in [5, 5.41) is 11.2. The predicted octanol–water partition coefficient (Wildman–Crippen LogP) is 1.23. The number of rotatable bonds is 8. The van der Waals surface area contributed by atoms with Gasteiger partial charge in [-0.25, -0.2) is 0 Å². The predicted molar refractivity (Wildman–Crippen MR) is 73.1 cm³/mol. The van der Waals surface area contributed by atoms with Crippen molar-refractivity contribution < 1.29 is 24.2 Å². The fourth-order valence-corrected chi connectivity index (χ4v) is 1.72. The third-order valence-electron chi connectivity index (χ3n) is 2.77. The van der Waals surface area contributed by atoms with E-state index in [1.807, 2.05) is 6.07 Å². The number of carbonyl (C=O) groups excluding carboxylic acids is 1. The largest absolute Gasteiger partial charge is 0.497 e. The van der Waals surface area contributed by atoms with Crippen LogP contribution in [0.1, 0.15) is 18.4 Å². The van der Waals surface area contributed by atoms with Gasteiger partial charge in [-0.3, -0.25) is 9.59 Å². The summed E-state index contributed by atoms with van der Waals surface area (Å²) in [6, 6.07) is 5.45. The highest BCUT2D eigenvalue weighted by atomic mass is 16.5. The monoisotopic (exact) mass is 281 g/mol. The van der Waals surface area contributed by atoms with Crippen LogP contribution in [0.25, 0.3) is 0 Å². The third kappa shape index (κ3) is 5.17. The van der Waals surface area contributed by atoms with Crippen LogP contribution in [0.5, 0.6) is 11.5 Å². The van der Waals surface area contributed by atoms with Crippen LogP contribution in [-0.4, -0.2) is 37.7 Å². The number of carboxylic acid groups (broad SMARTS) is 1. The molecule has 0 saturated carbocycles. The van der Waals surface area contributed by atoms with Crippen molar-refractivity contribution >= 4 is 11.9 Å². The van der Waals surface area contributed by atoms with E-state index in [0.29, 0.717) is 13.0 Å². The Balaban J connectivity index is 2.48. The number of hydrogen-bond donors (Lipinski definition) is 2. The summed E-state index contributed by atoms with van der Waals surface area (Å²) in [7, 11) is 3.16. The van der Waals surface area contributed by atoms with E-state index in [4.69, 9.17) is 14.6 Å². The minimum absolute atomic E-state index is 0.00935. The second kappa shape index (κ2) is 8.04. The third-order valence-corrected chi connectivity index (χ3v) is 2.77. The Morgan fingerprint density at radius 3 is 2.55 bits per heavy atom. The second-order valence-electron chi connectivity index (χ2n) is 4.17. The van der Waals surface area contributed by atoms with Crippen molar-refractivity contribution in [1.82, 2.24) is 5.32 Å². The molecule has 1 rings (SSSR count). The van der Waals surface area contributed by atoms with Crippen LogP contribution >= 0.6 is 0 Å². The van der Waals surface area contributed by atoms with Gasteiger partial charge in [-0.1, -0.05) is 0 Å². The lowest BCUT2D eigenvalue weighted by atomic mass is 10.1. The second-order valence-corrected chi connectivity index (χ2v) is 4.17. The highest BCUT2D eigenvalue weighted by Gasteiger charge is 2.07. The van der Waals surface area contributed by atoms with Crippen LogP contribution in [0.3, 0.4) is 0 Å². The molecular weight excluding hydrogens is 262 g/mol. The van der Waals surface area contributed by atoms with E-state index in [1.165, 1.54) is 0 Å². The van der Waals surface area contributed by atoms with Crippen molar-refractivity contribution in [2.45, 2.75) is 19.3 Å². The fourth-order valence-electron chi connectivity index (χ4n) is 1.72. The standard InChI is InChI=1S/C14H19NO5/c1-19-11-3-4-12(20-2)10(9-11)7-8-15-13(16)5-6-14(17)18/h3-4,9H,5-8H2,1-2H3,(H,15,16)(H,17,18). The summed E-state index contributed by atoms with van der Waals surface area (Å²) >= 11 is 0. The average molecular weight is 281 g/mol. The lowest BCUT2D eigenvalue weighted by molar-refractivity contribution is -0.138. The molecule has 2 N–H and O–H groups in total. The first-order chi connectivity index (χ1) is 9.56. The molecule has 0 fully saturated rings. The SMILES string of the molecule is COc1ccc(OC)c(CCNC(=O)CCC(=O)O)c1. The van der Waals surface area contributed by atoms with Gasteiger partial charge in [-0.2, -0.15) is 0 Å². The number of carbonyl (C=O) groups is 2. The van der Waals surface area contributed by atoms with Gasteiger partial charge in [-0.05, 0) is 30.2 Å². The molecule has 0 aliphatic heterocycles. The number of amides is 1. The van der Waals surface area contributed by atoms with Gasteiger partial charge in [0.25, 0.3) is 0 Å². The quantitative estimate of drug-likeness (QED) is 0.748. The summed E-state index contributed by atoms with van der Waals surface area (Å²) in [5.41, 5.74) is 0.922. The van der Waals surface area contributed by atoms with E-state index in [0.717, 1.165) is 17.1 Å².